The number of imide groups is 1. The fraction of sp³-hybridized carbons (Fsp3) is 0.600. The summed E-state index contributed by atoms with van der Waals surface area (Å²) in [5, 5.41) is 9.74. The first-order chi connectivity index (χ1) is 17.0. The predicted octanol–water partition coefficient (Wildman–Crippen LogP) is 6.03. The second-order valence-corrected chi connectivity index (χ2v) is 11.0. The van der Waals surface area contributed by atoms with E-state index in [1.165, 1.54) is 23.1 Å². The number of ether oxygens (including phenoxy) is 1. The van der Waals surface area contributed by atoms with Gasteiger partial charge in [0.15, 0.2) is 0 Å². The molecule has 3 fully saturated rings. The molecule has 35 heavy (non-hydrogen) atoms. The van der Waals surface area contributed by atoms with Crippen LogP contribution in [0.4, 0.5) is 0 Å². The second kappa shape index (κ2) is 10.3. The third kappa shape index (κ3) is 4.72. The number of hydrogen-bond acceptors (Lipinski definition) is 4. The molecular formula is C30H39NO4. The molecule has 0 spiro atoms. The van der Waals surface area contributed by atoms with Crippen LogP contribution in [0.2, 0.25) is 0 Å². The Morgan fingerprint density at radius 3 is 2.69 bits per heavy atom. The van der Waals surface area contributed by atoms with E-state index in [-0.39, 0.29) is 47.5 Å². The molecule has 0 unspecified atom stereocenters. The van der Waals surface area contributed by atoms with E-state index in [1.54, 1.807) is 17.0 Å². The van der Waals surface area contributed by atoms with Crippen molar-refractivity contribution in [1.82, 2.24) is 4.90 Å². The topological polar surface area (TPSA) is 66.8 Å². The maximum absolute atomic E-state index is 13.7. The predicted molar refractivity (Wildman–Crippen MR) is 136 cm³/mol. The van der Waals surface area contributed by atoms with Crippen molar-refractivity contribution >= 4 is 17.9 Å². The summed E-state index contributed by atoms with van der Waals surface area (Å²) >= 11 is 0. The Morgan fingerprint density at radius 1 is 1.14 bits per heavy atom. The molecule has 2 amide bonds. The Balaban J connectivity index is 1.34. The van der Waals surface area contributed by atoms with Crippen molar-refractivity contribution in [2.45, 2.75) is 90.2 Å². The Bertz CT molecular complexity index is 1030. The van der Waals surface area contributed by atoms with Crippen LogP contribution in [-0.4, -0.2) is 40.6 Å². The van der Waals surface area contributed by atoms with Crippen molar-refractivity contribution < 1.29 is 19.4 Å². The molecule has 5 heteroatoms. The lowest BCUT2D eigenvalue weighted by Crippen LogP contribution is -2.42. The van der Waals surface area contributed by atoms with E-state index in [0.29, 0.717) is 6.61 Å². The number of phenolic OH excluding ortho intramolecular Hbond substituents is 1. The highest BCUT2D eigenvalue weighted by Crippen LogP contribution is 2.51. The summed E-state index contributed by atoms with van der Waals surface area (Å²) in [5.74, 6) is 0.0869. The first kappa shape index (κ1) is 24.3. The molecule has 5 rings (SSSR count). The number of carbonyl (C=O) groups is 2. The number of allylic oxidation sites excluding steroid dienone is 2. The first-order valence-corrected chi connectivity index (χ1v) is 13.6. The summed E-state index contributed by atoms with van der Waals surface area (Å²) in [7, 11) is 0. The molecule has 2 saturated heterocycles. The molecule has 2 heterocycles. The number of phenols is 1. The fourth-order valence-corrected chi connectivity index (χ4v) is 7.06. The zero-order chi connectivity index (χ0) is 24.5. The Morgan fingerprint density at radius 2 is 1.94 bits per heavy atom. The standard InChI is InChI=1S/C30H39NO4/c1-3-8-21-17-24-28(30(34)31(29(24)33)22-10-5-4-6-11-22)25-18-35-26(27(21)25)14-13-19(2)15-20-9-7-12-23(32)16-20/h7,9,12,15-16,22,24-26,28,32H,3-6,8,10-11,13-14,17-18H2,1-2H3/b19-15+/t24-,25+,26-,28-/m1/s1. The molecule has 1 saturated carbocycles. The Labute approximate surface area is 209 Å². The number of amides is 2. The largest absolute Gasteiger partial charge is 0.508 e. The highest BCUT2D eigenvalue weighted by molar-refractivity contribution is 6.06. The van der Waals surface area contributed by atoms with Crippen LogP contribution >= 0.6 is 0 Å². The van der Waals surface area contributed by atoms with Crippen molar-refractivity contribution in [2.75, 3.05) is 6.61 Å². The van der Waals surface area contributed by atoms with Gasteiger partial charge in [-0.3, -0.25) is 14.5 Å². The van der Waals surface area contributed by atoms with E-state index in [2.05, 4.69) is 19.9 Å². The van der Waals surface area contributed by atoms with Gasteiger partial charge in [-0.1, -0.05) is 62.0 Å². The smallest absolute Gasteiger partial charge is 0.234 e. The third-order valence-corrected chi connectivity index (χ3v) is 8.62. The molecule has 4 aliphatic rings. The molecule has 188 valence electrons. The summed E-state index contributed by atoms with van der Waals surface area (Å²) < 4.78 is 6.36. The van der Waals surface area contributed by atoms with Crippen molar-refractivity contribution in [3.63, 3.8) is 0 Å². The summed E-state index contributed by atoms with van der Waals surface area (Å²) in [4.78, 5) is 28.8. The molecule has 1 aromatic carbocycles. The fourth-order valence-electron chi connectivity index (χ4n) is 7.06. The summed E-state index contributed by atoms with van der Waals surface area (Å²) in [6, 6.07) is 7.42. The van der Waals surface area contributed by atoms with Gasteiger partial charge in [0.05, 0.1) is 24.5 Å². The van der Waals surface area contributed by atoms with Gasteiger partial charge in [-0.15, -0.1) is 0 Å². The van der Waals surface area contributed by atoms with E-state index in [1.807, 2.05) is 12.1 Å². The van der Waals surface area contributed by atoms with Gasteiger partial charge < -0.3 is 9.84 Å². The van der Waals surface area contributed by atoms with E-state index in [0.717, 1.165) is 63.4 Å². The van der Waals surface area contributed by atoms with Gasteiger partial charge in [-0.25, -0.2) is 0 Å². The third-order valence-electron chi connectivity index (χ3n) is 8.62. The van der Waals surface area contributed by atoms with E-state index in [9.17, 15) is 14.7 Å². The maximum atomic E-state index is 13.7. The van der Waals surface area contributed by atoms with Crippen LogP contribution in [0.1, 0.15) is 83.6 Å². The lowest BCUT2D eigenvalue weighted by atomic mass is 9.68. The van der Waals surface area contributed by atoms with Gasteiger partial charge in [0.1, 0.15) is 5.75 Å². The normalized spacial score (nSPS) is 29.7. The van der Waals surface area contributed by atoms with Gasteiger partial charge in [-0.05, 0) is 68.7 Å². The van der Waals surface area contributed by atoms with E-state index in [4.69, 9.17) is 4.74 Å². The minimum Gasteiger partial charge on any atom is -0.508 e. The van der Waals surface area contributed by atoms with Crippen LogP contribution in [0.3, 0.4) is 0 Å². The maximum Gasteiger partial charge on any atom is 0.234 e. The molecule has 1 N–H and O–H groups in total. The summed E-state index contributed by atoms with van der Waals surface area (Å²) in [5.41, 5.74) is 4.95. The second-order valence-electron chi connectivity index (χ2n) is 11.0. The molecule has 0 radical (unpaired) electrons. The van der Waals surface area contributed by atoms with Gasteiger partial charge in [0, 0.05) is 12.0 Å². The molecule has 4 atom stereocenters. The number of rotatable bonds is 7. The molecule has 1 aromatic rings. The minimum atomic E-state index is -0.228. The molecule has 2 aliphatic heterocycles. The zero-order valence-corrected chi connectivity index (χ0v) is 21.2. The average Bonchev–Trinajstić information content (AvgIpc) is 3.37. The van der Waals surface area contributed by atoms with E-state index >= 15 is 0 Å². The first-order valence-electron chi connectivity index (χ1n) is 13.6. The number of carbonyl (C=O) groups excluding carboxylic acids is 2. The molecule has 2 aliphatic carbocycles. The molecule has 0 aromatic heterocycles. The number of nitrogens with zero attached hydrogens (tertiary/aromatic N) is 1. The molecule has 5 nitrogen and oxygen atoms in total. The van der Waals surface area contributed by atoms with Crippen molar-refractivity contribution in [2.24, 2.45) is 17.8 Å². The summed E-state index contributed by atoms with van der Waals surface area (Å²) in [6.45, 7) is 4.87. The number of benzene rings is 1. The monoisotopic (exact) mass is 477 g/mol. The van der Waals surface area contributed by atoms with Gasteiger partial charge in [0.2, 0.25) is 11.8 Å². The van der Waals surface area contributed by atoms with Crippen LogP contribution in [0.5, 0.6) is 5.75 Å². The SMILES string of the molecule is CCCC1=C2[C@@H](CC/C(C)=C/c3cccc(O)c3)OC[C@@H]2[C@@H]2C(=O)N(C3CCCCC3)C(=O)[C@@H]2C1. The van der Waals surface area contributed by atoms with Crippen LogP contribution in [0.15, 0.2) is 41.0 Å². The van der Waals surface area contributed by atoms with Crippen molar-refractivity contribution in [3.8, 4) is 5.75 Å². The average molecular weight is 478 g/mol. The Kier molecular flexibility index (Phi) is 7.15. The van der Waals surface area contributed by atoms with Gasteiger partial charge in [0.25, 0.3) is 0 Å². The van der Waals surface area contributed by atoms with Crippen LogP contribution in [0, 0.1) is 17.8 Å². The van der Waals surface area contributed by atoms with Gasteiger partial charge >= 0.3 is 0 Å². The Hall–Kier alpha value is -2.40. The van der Waals surface area contributed by atoms with Crippen LogP contribution < -0.4 is 0 Å². The number of hydrogen-bond donors (Lipinski definition) is 1. The minimum absolute atomic E-state index is 0.0293. The molecule has 0 bridgehead atoms. The lowest BCUT2D eigenvalue weighted by Gasteiger charge is -2.32. The quantitative estimate of drug-likeness (QED) is 0.385. The highest BCUT2D eigenvalue weighted by Gasteiger charge is 2.57. The number of aromatic hydroxyl groups is 1. The number of fused-ring (bicyclic) bond motifs is 3. The van der Waals surface area contributed by atoms with Crippen molar-refractivity contribution in [3.05, 3.63) is 46.5 Å². The zero-order valence-electron chi connectivity index (χ0n) is 21.2. The van der Waals surface area contributed by atoms with Crippen molar-refractivity contribution in [1.29, 1.82) is 0 Å². The van der Waals surface area contributed by atoms with Crippen LogP contribution in [0.25, 0.3) is 6.08 Å². The molecular weight excluding hydrogens is 438 g/mol. The van der Waals surface area contributed by atoms with E-state index < -0.39 is 0 Å². The number of likely N-dealkylation sites (tertiary alicyclic amines) is 1. The van der Waals surface area contributed by atoms with Crippen LogP contribution in [-0.2, 0) is 14.3 Å². The highest BCUT2D eigenvalue weighted by atomic mass is 16.5. The lowest BCUT2D eigenvalue weighted by molar-refractivity contribution is -0.143. The summed E-state index contributed by atoms with van der Waals surface area (Å²) in [6.07, 6.45) is 12.1. The van der Waals surface area contributed by atoms with Gasteiger partial charge in [-0.2, -0.15) is 0 Å².